The summed E-state index contributed by atoms with van der Waals surface area (Å²) in [6, 6.07) is 6.05. The normalized spacial score (nSPS) is 10.2. The number of hydrogen-bond donors (Lipinski definition) is 0. The Hall–Kier alpha value is -1.05. The van der Waals surface area contributed by atoms with Gasteiger partial charge >= 0.3 is 0 Å². The second kappa shape index (κ2) is 5.63. The molecular formula is C12H17FO. The van der Waals surface area contributed by atoms with Gasteiger partial charge in [-0.15, -0.1) is 0 Å². The van der Waals surface area contributed by atoms with Crippen molar-refractivity contribution in [2.24, 2.45) is 0 Å². The molecule has 0 saturated carbocycles. The van der Waals surface area contributed by atoms with E-state index in [1.807, 2.05) is 26.0 Å². The second-order valence-electron chi connectivity index (χ2n) is 3.34. The minimum absolute atomic E-state index is 0.264. The highest BCUT2D eigenvalue weighted by Gasteiger charge is 2.03. The van der Waals surface area contributed by atoms with Crippen molar-refractivity contribution in [3.8, 4) is 5.75 Å². The van der Waals surface area contributed by atoms with E-state index >= 15 is 0 Å². The molecule has 0 radical (unpaired) electrons. The van der Waals surface area contributed by atoms with E-state index in [9.17, 15) is 4.39 Å². The summed E-state index contributed by atoms with van der Waals surface area (Å²) in [7, 11) is 0. The molecule has 0 aliphatic carbocycles. The van der Waals surface area contributed by atoms with Gasteiger partial charge in [0.2, 0.25) is 0 Å². The van der Waals surface area contributed by atoms with Crippen LogP contribution in [0.2, 0.25) is 0 Å². The van der Waals surface area contributed by atoms with Crippen LogP contribution in [-0.4, -0.2) is 13.3 Å². The van der Waals surface area contributed by atoms with Crippen molar-refractivity contribution in [2.45, 2.75) is 26.7 Å². The SMILES string of the molecule is CCOc1ccc(C)cc1CCCF. The van der Waals surface area contributed by atoms with Gasteiger partial charge in [-0.2, -0.15) is 0 Å². The van der Waals surface area contributed by atoms with Crippen LogP contribution in [0.1, 0.15) is 24.5 Å². The lowest BCUT2D eigenvalue weighted by Crippen LogP contribution is -1.97. The van der Waals surface area contributed by atoms with E-state index < -0.39 is 0 Å². The smallest absolute Gasteiger partial charge is 0.122 e. The second-order valence-corrected chi connectivity index (χ2v) is 3.34. The molecule has 1 aromatic rings. The lowest BCUT2D eigenvalue weighted by molar-refractivity contribution is 0.335. The zero-order valence-electron chi connectivity index (χ0n) is 8.85. The third-order valence-electron chi connectivity index (χ3n) is 2.10. The summed E-state index contributed by atoms with van der Waals surface area (Å²) in [5, 5.41) is 0. The first-order valence-corrected chi connectivity index (χ1v) is 5.06. The van der Waals surface area contributed by atoms with Crippen LogP contribution in [0.4, 0.5) is 4.39 Å². The molecule has 0 bridgehead atoms. The summed E-state index contributed by atoms with van der Waals surface area (Å²) >= 11 is 0. The maximum absolute atomic E-state index is 12.1. The first-order chi connectivity index (χ1) is 6.77. The van der Waals surface area contributed by atoms with Crippen molar-refractivity contribution in [3.63, 3.8) is 0 Å². The fourth-order valence-corrected chi connectivity index (χ4v) is 1.46. The number of rotatable bonds is 5. The molecule has 0 amide bonds. The van der Waals surface area contributed by atoms with E-state index in [4.69, 9.17) is 4.74 Å². The predicted molar refractivity (Wildman–Crippen MR) is 56.6 cm³/mol. The quantitative estimate of drug-likeness (QED) is 0.702. The van der Waals surface area contributed by atoms with E-state index in [0.717, 1.165) is 17.7 Å². The first-order valence-electron chi connectivity index (χ1n) is 5.06. The maximum atomic E-state index is 12.1. The van der Waals surface area contributed by atoms with Gasteiger partial charge in [0.1, 0.15) is 5.75 Å². The molecule has 1 rings (SSSR count). The van der Waals surface area contributed by atoms with Crippen LogP contribution in [0.25, 0.3) is 0 Å². The van der Waals surface area contributed by atoms with Gasteiger partial charge in [0.25, 0.3) is 0 Å². The Morgan fingerprint density at radius 3 is 2.79 bits per heavy atom. The Morgan fingerprint density at radius 1 is 1.36 bits per heavy atom. The van der Waals surface area contributed by atoms with Crippen molar-refractivity contribution in [2.75, 3.05) is 13.3 Å². The van der Waals surface area contributed by atoms with E-state index in [2.05, 4.69) is 6.07 Å². The molecule has 0 aromatic heterocycles. The van der Waals surface area contributed by atoms with Crippen LogP contribution in [0.5, 0.6) is 5.75 Å². The molecule has 0 atom stereocenters. The van der Waals surface area contributed by atoms with Crippen LogP contribution in [0.3, 0.4) is 0 Å². The minimum atomic E-state index is -0.264. The van der Waals surface area contributed by atoms with Crippen LogP contribution in [-0.2, 0) is 6.42 Å². The predicted octanol–water partition coefficient (Wildman–Crippen LogP) is 3.30. The molecule has 0 aliphatic rings. The first kappa shape index (κ1) is 11.0. The Morgan fingerprint density at radius 2 is 2.14 bits per heavy atom. The number of alkyl halides is 1. The fraction of sp³-hybridized carbons (Fsp3) is 0.500. The molecular weight excluding hydrogens is 179 g/mol. The van der Waals surface area contributed by atoms with Gasteiger partial charge in [-0.1, -0.05) is 17.7 Å². The molecule has 0 unspecified atom stereocenters. The van der Waals surface area contributed by atoms with Crippen molar-refractivity contribution in [3.05, 3.63) is 29.3 Å². The van der Waals surface area contributed by atoms with Crippen LogP contribution >= 0.6 is 0 Å². The average Bonchev–Trinajstić information content (AvgIpc) is 2.18. The summed E-state index contributed by atoms with van der Waals surface area (Å²) in [5.41, 5.74) is 2.31. The van der Waals surface area contributed by atoms with Crippen molar-refractivity contribution in [1.82, 2.24) is 0 Å². The van der Waals surface area contributed by atoms with Gasteiger partial charge in [0.15, 0.2) is 0 Å². The molecule has 14 heavy (non-hydrogen) atoms. The molecule has 2 heteroatoms. The summed E-state index contributed by atoms with van der Waals surface area (Å²) in [6.45, 7) is 4.39. The molecule has 1 nitrogen and oxygen atoms in total. The average molecular weight is 196 g/mol. The Labute approximate surface area is 84.9 Å². The topological polar surface area (TPSA) is 9.23 Å². The van der Waals surface area contributed by atoms with Crippen molar-refractivity contribution < 1.29 is 9.13 Å². The highest BCUT2D eigenvalue weighted by atomic mass is 19.1. The largest absolute Gasteiger partial charge is 0.494 e. The number of benzene rings is 1. The standard InChI is InChI=1S/C12H17FO/c1-3-14-12-7-6-10(2)9-11(12)5-4-8-13/h6-7,9H,3-5,8H2,1-2H3. The van der Waals surface area contributed by atoms with E-state index in [-0.39, 0.29) is 6.67 Å². The molecule has 0 heterocycles. The minimum Gasteiger partial charge on any atom is -0.494 e. The van der Waals surface area contributed by atoms with E-state index in [1.165, 1.54) is 5.56 Å². The fourth-order valence-electron chi connectivity index (χ4n) is 1.46. The molecule has 78 valence electrons. The van der Waals surface area contributed by atoms with Gasteiger partial charge in [-0.25, -0.2) is 0 Å². The summed E-state index contributed by atoms with van der Waals surface area (Å²) in [6.07, 6.45) is 1.33. The summed E-state index contributed by atoms with van der Waals surface area (Å²) < 4.78 is 17.5. The van der Waals surface area contributed by atoms with Gasteiger partial charge in [-0.05, 0) is 38.3 Å². The number of hydrogen-bond acceptors (Lipinski definition) is 1. The lowest BCUT2D eigenvalue weighted by atomic mass is 10.1. The van der Waals surface area contributed by atoms with Crippen LogP contribution < -0.4 is 4.74 Å². The number of ether oxygens (including phenoxy) is 1. The van der Waals surface area contributed by atoms with Crippen LogP contribution in [0.15, 0.2) is 18.2 Å². The van der Waals surface area contributed by atoms with Crippen LogP contribution in [0, 0.1) is 6.92 Å². The molecule has 0 saturated heterocycles. The zero-order chi connectivity index (χ0) is 10.4. The highest BCUT2D eigenvalue weighted by Crippen LogP contribution is 2.21. The number of aryl methyl sites for hydroxylation is 2. The summed E-state index contributed by atoms with van der Waals surface area (Å²) in [5.74, 6) is 0.895. The molecule has 0 N–H and O–H groups in total. The molecule has 1 aromatic carbocycles. The van der Waals surface area contributed by atoms with E-state index in [0.29, 0.717) is 13.0 Å². The molecule has 0 spiro atoms. The maximum Gasteiger partial charge on any atom is 0.122 e. The molecule has 0 fully saturated rings. The van der Waals surface area contributed by atoms with Gasteiger partial charge < -0.3 is 4.74 Å². The Bertz CT molecular complexity index is 284. The lowest BCUT2D eigenvalue weighted by Gasteiger charge is -2.10. The Balaban J connectivity index is 2.79. The van der Waals surface area contributed by atoms with Gasteiger partial charge in [0.05, 0.1) is 13.3 Å². The Kier molecular flexibility index (Phi) is 4.44. The zero-order valence-corrected chi connectivity index (χ0v) is 8.85. The number of halogens is 1. The van der Waals surface area contributed by atoms with Gasteiger partial charge in [-0.3, -0.25) is 4.39 Å². The molecule has 0 aliphatic heterocycles. The van der Waals surface area contributed by atoms with Crippen molar-refractivity contribution >= 4 is 0 Å². The van der Waals surface area contributed by atoms with E-state index in [1.54, 1.807) is 0 Å². The third kappa shape index (κ3) is 3.02. The van der Waals surface area contributed by atoms with Crippen molar-refractivity contribution in [1.29, 1.82) is 0 Å². The monoisotopic (exact) mass is 196 g/mol. The highest BCUT2D eigenvalue weighted by molar-refractivity contribution is 5.36. The van der Waals surface area contributed by atoms with Gasteiger partial charge in [0, 0.05) is 0 Å². The summed E-state index contributed by atoms with van der Waals surface area (Å²) in [4.78, 5) is 0. The third-order valence-corrected chi connectivity index (χ3v) is 2.10.